The maximum Gasteiger partial charge on any atom is 0.387 e. The number of rotatable bonds is 7. The molecule has 0 aliphatic carbocycles. The number of ether oxygens (including phenoxy) is 2. The van der Waals surface area contributed by atoms with Crippen molar-refractivity contribution >= 4 is 29.2 Å². The molecule has 3 aromatic rings. The van der Waals surface area contributed by atoms with Crippen LogP contribution in [0.15, 0.2) is 67.0 Å². The summed E-state index contributed by atoms with van der Waals surface area (Å²) in [5.74, 6) is -1.48. The average Bonchev–Trinajstić information content (AvgIpc) is 3.23. The summed E-state index contributed by atoms with van der Waals surface area (Å²) in [7, 11) is 0. The molecule has 0 bridgehead atoms. The largest absolute Gasteiger partial charge is 0.452 e. The zero-order chi connectivity index (χ0) is 20.8. The molecule has 1 aromatic heterocycles. The molecule has 29 heavy (non-hydrogen) atoms. The molecule has 1 amide bonds. The molecule has 150 valence electrons. The molecule has 0 aliphatic heterocycles. The van der Waals surface area contributed by atoms with Crippen LogP contribution in [0.1, 0.15) is 10.4 Å². The van der Waals surface area contributed by atoms with Crippen molar-refractivity contribution in [3.63, 3.8) is 0 Å². The van der Waals surface area contributed by atoms with Gasteiger partial charge in [0.1, 0.15) is 5.75 Å². The van der Waals surface area contributed by atoms with Gasteiger partial charge < -0.3 is 19.4 Å². The summed E-state index contributed by atoms with van der Waals surface area (Å²) in [6, 6.07) is 14.2. The van der Waals surface area contributed by atoms with Crippen molar-refractivity contribution in [2.45, 2.75) is 6.61 Å². The van der Waals surface area contributed by atoms with Gasteiger partial charge in [-0.15, -0.1) is 0 Å². The van der Waals surface area contributed by atoms with Crippen LogP contribution in [-0.2, 0) is 9.53 Å². The van der Waals surface area contributed by atoms with E-state index in [0.29, 0.717) is 5.56 Å². The van der Waals surface area contributed by atoms with Crippen LogP contribution in [0.3, 0.4) is 0 Å². The Morgan fingerprint density at radius 3 is 2.38 bits per heavy atom. The minimum absolute atomic E-state index is 0.0946. The fourth-order valence-electron chi connectivity index (χ4n) is 2.46. The molecule has 0 atom stereocenters. The van der Waals surface area contributed by atoms with E-state index < -0.39 is 25.1 Å². The molecule has 0 saturated heterocycles. The molecule has 0 saturated carbocycles. The number of amides is 1. The first kappa shape index (κ1) is 20.3. The van der Waals surface area contributed by atoms with Crippen LogP contribution in [0, 0.1) is 0 Å². The van der Waals surface area contributed by atoms with Gasteiger partial charge in [-0.25, -0.2) is 4.79 Å². The zero-order valence-electron chi connectivity index (χ0n) is 14.8. The number of aromatic nitrogens is 1. The molecule has 1 heterocycles. The Bertz CT molecular complexity index is 992. The molecule has 1 N–H and O–H groups in total. The Kier molecular flexibility index (Phi) is 6.46. The summed E-state index contributed by atoms with van der Waals surface area (Å²) in [6.45, 7) is -3.53. The fourth-order valence-corrected chi connectivity index (χ4v) is 2.68. The number of carbonyl (C=O) groups excluding carboxylic acids is 2. The predicted molar refractivity (Wildman–Crippen MR) is 103 cm³/mol. The lowest BCUT2D eigenvalue weighted by Crippen LogP contribution is -2.21. The number of alkyl halides is 2. The first-order valence-corrected chi connectivity index (χ1v) is 8.75. The summed E-state index contributed by atoms with van der Waals surface area (Å²) in [5, 5.41) is 2.36. The van der Waals surface area contributed by atoms with Crippen molar-refractivity contribution in [1.29, 1.82) is 0 Å². The Labute approximate surface area is 169 Å². The van der Waals surface area contributed by atoms with E-state index in [9.17, 15) is 18.4 Å². The molecule has 0 aliphatic rings. The molecular formula is C20H15ClF2N2O4. The van der Waals surface area contributed by atoms with Gasteiger partial charge in [0.2, 0.25) is 0 Å². The second-order valence-corrected chi connectivity index (χ2v) is 6.19. The summed E-state index contributed by atoms with van der Waals surface area (Å²) >= 11 is 5.82. The summed E-state index contributed by atoms with van der Waals surface area (Å²) in [6.07, 6.45) is 3.74. The summed E-state index contributed by atoms with van der Waals surface area (Å²) < 4.78 is 35.5. The highest BCUT2D eigenvalue weighted by Crippen LogP contribution is 2.28. The van der Waals surface area contributed by atoms with Gasteiger partial charge in [-0.2, -0.15) is 8.78 Å². The third-order valence-corrected chi connectivity index (χ3v) is 4.07. The van der Waals surface area contributed by atoms with Crippen molar-refractivity contribution in [3.05, 3.63) is 77.6 Å². The smallest absolute Gasteiger partial charge is 0.387 e. The summed E-state index contributed by atoms with van der Waals surface area (Å²) in [5.41, 5.74) is 1.42. The van der Waals surface area contributed by atoms with E-state index in [2.05, 4.69) is 10.1 Å². The minimum atomic E-state index is -3.01. The van der Waals surface area contributed by atoms with Crippen LogP contribution in [0.25, 0.3) is 5.69 Å². The maximum atomic E-state index is 12.2. The summed E-state index contributed by atoms with van der Waals surface area (Å²) in [4.78, 5) is 24.0. The van der Waals surface area contributed by atoms with Gasteiger partial charge in [0.15, 0.2) is 6.61 Å². The van der Waals surface area contributed by atoms with E-state index in [1.54, 1.807) is 24.3 Å². The highest BCUT2D eigenvalue weighted by molar-refractivity contribution is 6.32. The third kappa shape index (κ3) is 5.55. The van der Waals surface area contributed by atoms with Crippen LogP contribution in [0.5, 0.6) is 5.75 Å². The predicted octanol–water partition coefficient (Wildman–Crippen LogP) is 4.53. The second-order valence-electron chi connectivity index (χ2n) is 5.79. The Hall–Kier alpha value is -3.39. The van der Waals surface area contributed by atoms with Gasteiger partial charge in [0.05, 0.1) is 10.6 Å². The molecular weight excluding hydrogens is 406 g/mol. The van der Waals surface area contributed by atoms with Gasteiger partial charge in [-0.05, 0) is 54.6 Å². The highest BCUT2D eigenvalue weighted by atomic mass is 35.5. The fraction of sp³-hybridized carbons (Fsp3) is 0.100. The Balaban J connectivity index is 1.52. The normalized spacial score (nSPS) is 10.6. The first-order valence-electron chi connectivity index (χ1n) is 8.37. The lowest BCUT2D eigenvalue weighted by molar-refractivity contribution is -0.119. The van der Waals surface area contributed by atoms with Crippen LogP contribution in [0.2, 0.25) is 5.02 Å². The van der Waals surface area contributed by atoms with Gasteiger partial charge in [-0.1, -0.05) is 11.6 Å². The van der Waals surface area contributed by atoms with Gasteiger partial charge in [-0.3, -0.25) is 4.79 Å². The number of benzene rings is 2. The Morgan fingerprint density at radius 1 is 1.07 bits per heavy atom. The standard InChI is InChI=1S/C20H15ClF2N2O4/c21-16-11-14(5-8-17(16)29-20(22)23)24-18(26)12-28-19(27)13-3-6-15(7-4-13)25-9-1-2-10-25/h1-11,20H,12H2,(H,24,26). The SMILES string of the molecule is O=C(COC(=O)c1ccc(-n2cccc2)cc1)Nc1ccc(OC(F)F)c(Cl)c1. The van der Waals surface area contributed by atoms with Gasteiger partial charge in [0.25, 0.3) is 5.91 Å². The van der Waals surface area contributed by atoms with Crippen molar-refractivity contribution in [3.8, 4) is 11.4 Å². The molecule has 3 rings (SSSR count). The van der Waals surface area contributed by atoms with Crippen LogP contribution >= 0.6 is 11.6 Å². The van der Waals surface area contributed by atoms with Crippen molar-refractivity contribution in [1.82, 2.24) is 4.57 Å². The number of anilines is 1. The number of hydrogen-bond donors (Lipinski definition) is 1. The number of esters is 1. The van der Waals surface area contributed by atoms with Crippen molar-refractivity contribution in [2.24, 2.45) is 0 Å². The van der Waals surface area contributed by atoms with Crippen LogP contribution in [0.4, 0.5) is 14.5 Å². The second kappa shape index (κ2) is 9.20. The topological polar surface area (TPSA) is 69.6 Å². The zero-order valence-corrected chi connectivity index (χ0v) is 15.6. The van der Waals surface area contributed by atoms with Gasteiger partial charge in [0, 0.05) is 23.8 Å². The Morgan fingerprint density at radius 2 is 1.76 bits per heavy atom. The molecule has 0 radical (unpaired) electrons. The maximum absolute atomic E-state index is 12.2. The molecule has 9 heteroatoms. The number of carbonyl (C=O) groups is 2. The van der Waals surface area contributed by atoms with E-state index >= 15 is 0 Å². The third-order valence-electron chi connectivity index (χ3n) is 3.77. The lowest BCUT2D eigenvalue weighted by atomic mass is 10.2. The van der Waals surface area contributed by atoms with E-state index in [4.69, 9.17) is 16.3 Å². The number of halogens is 3. The van der Waals surface area contributed by atoms with E-state index in [0.717, 1.165) is 5.69 Å². The van der Waals surface area contributed by atoms with Gasteiger partial charge >= 0.3 is 12.6 Å². The molecule has 2 aromatic carbocycles. The highest BCUT2D eigenvalue weighted by Gasteiger charge is 2.13. The van der Waals surface area contributed by atoms with E-state index in [-0.39, 0.29) is 16.5 Å². The van der Waals surface area contributed by atoms with Crippen molar-refractivity contribution < 1.29 is 27.8 Å². The molecule has 0 spiro atoms. The van der Waals surface area contributed by atoms with Crippen LogP contribution < -0.4 is 10.1 Å². The molecule has 0 fully saturated rings. The minimum Gasteiger partial charge on any atom is -0.452 e. The lowest BCUT2D eigenvalue weighted by Gasteiger charge is -2.10. The van der Waals surface area contributed by atoms with Crippen LogP contribution in [-0.4, -0.2) is 29.7 Å². The first-order chi connectivity index (χ1) is 13.9. The monoisotopic (exact) mass is 420 g/mol. The van der Waals surface area contributed by atoms with E-state index in [1.165, 1.54) is 18.2 Å². The number of hydrogen-bond acceptors (Lipinski definition) is 4. The number of nitrogens with zero attached hydrogens (tertiary/aromatic N) is 1. The van der Waals surface area contributed by atoms with Crippen molar-refractivity contribution in [2.75, 3.05) is 11.9 Å². The quantitative estimate of drug-likeness (QED) is 0.570. The molecule has 6 nitrogen and oxygen atoms in total. The number of nitrogens with one attached hydrogen (secondary N) is 1. The molecule has 0 unspecified atom stereocenters. The van der Waals surface area contributed by atoms with E-state index in [1.807, 2.05) is 29.1 Å². The average molecular weight is 421 g/mol.